The van der Waals surface area contributed by atoms with Gasteiger partial charge >= 0.3 is 5.97 Å². The van der Waals surface area contributed by atoms with E-state index in [9.17, 15) is 22.4 Å². The number of nitrogens with zero attached hydrogens (tertiary/aromatic N) is 1. The third-order valence-corrected chi connectivity index (χ3v) is 6.40. The second-order valence-corrected chi connectivity index (χ2v) is 8.56. The van der Waals surface area contributed by atoms with E-state index in [2.05, 4.69) is 5.32 Å². The summed E-state index contributed by atoms with van der Waals surface area (Å²) in [5.74, 6) is -1.88. The topological polar surface area (TPSA) is 92.8 Å². The number of halogens is 1. The molecule has 7 nitrogen and oxygen atoms in total. The lowest BCUT2D eigenvalue weighted by atomic mass is 10.2. The molecule has 0 atom stereocenters. The second kappa shape index (κ2) is 9.15. The van der Waals surface area contributed by atoms with E-state index in [0.717, 1.165) is 25.3 Å². The van der Waals surface area contributed by atoms with Crippen LogP contribution in [-0.2, 0) is 19.6 Å². The highest BCUT2D eigenvalue weighted by molar-refractivity contribution is 7.89. The fourth-order valence-electron chi connectivity index (χ4n) is 3.00. The number of ether oxygens (including phenoxy) is 1. The van der Waals surface area contributed by atoms with Gasteiger partial charge in [0.1, 0.15) is 5.82 Å². The third kappa shape index (κ3) is 5.39. The van der Waals surface area contributed by atoms with Gasteiger partial charge in [0.2, 0.25) is 10.0 Å². The van der Waals surface area contributed by atoms with Crippen molar-refractivity contribution in [2.75, 3.05) is 25.0 Å². The van der Waals surface area contributed by atoms with Gasteiger partial charge in [0.25, 0.3) is 5.91 Å². The maximum atomic E-state index is 13.1. The summed E-state index contributed by atoms with van der Waals surface area (Å²) in [6.07, 6.45) is 2.69. The van der Waals surface area contributed by atoms with Crippen molar-refractivity contribution in [1.29, 1.82) is 0 Å². The Morgan fingerprint density at radius 3 is 2.38 bits per heavy atom. The first kappa shape index (κ1) is 20.9. The van der Waals surface area contributed by atoms with Crippen LogP contribution in [0.15, 0.2) is 53.4 Å². The molecule has 1 fully saturated rings. The average Bonchev–Trinajstić information content (AvgIpc) is 2.73. The summed E-state index contributed by atoms with van der Waals surface area (Å²) in [5.41, 5.74) is 0.375. The maximum Gasteiger partial charge on any atom is 0.338 e. The Morgan fingerprint density at radius 1 is 1.03 bits per heavy atom. The molecule has 0 saturated carbocycles. The molecule has 1 amide bonds. The molecule has 0 unspecified atom stereocenters. The largest absolute Gasteiger partial charge is 0.452 e. The van der Waals surface area contributed by atoms with Crippen molar-refractivity contribution in [3.05, 3.63) is 59.9 Å². The number of piperidine rings is 1. The van der Waals surface area contributed by atoms with E-state index in [4.69, 9.17) is 4.74 Å². The number of nitrogens with one attached hydrogen (secondary N) is 1. The number of hydrogen-bond acceptors (Lipinski definition) is 5. The van der Waals surface area contributed by atoms with Crippen LogP contribution in [0.5, 0.6) is 0 Å². The van der Waals surface area contributed by atoms with E-state index in [1.807, 2.05) is 0 Å². The lowest BCUT2D eigenvalue weighted by molar-refractivity contribution is -0.119. The van der Waals surface area contributed by atoms with Crippen molar-refractivity contribution in [2.24, 2.45) is 0 Å². The minimum atomic E-state index is -3.58. The van der Waals surface area contributed by atoms with Crippen LogP contribution < -0.4 is 5.32 Å². The predicted octanol–water partition coefficient (Wildman–Crippen LogP) is 2.80. The molecule has 154 valence electrons. The van der Waals surface area contributed by atoms with Gasteiger partial charge in [0.15, 0.2) is 6.61 Å². The molecular formula is C20H21FN2O5S. The summed E-state index contributed by atoms with van der Waals surface area (Å²) in [6, 6.07) is 10.7. The van der Waals surface area contributed by atoms with Crippen molar-refractivity contribution >= 4 is 27.6 Å². The van der Waals surface area contributed by atoms with E-state index in [1.54, 1.807) is 0 Å². The Hall–Kier alpha value is -2.78. The third-order valence-electron chi connectivity index (χ3n) is 4.49. The average molecular weight is 420 g/mol. The molecule has 1 saturated heterocycles. The van der Waals surface area contributed by atoms with Gasteiger partial charge in [-0.3, -0.25) is 4.79 Å². The second-order valence-electron chi connectivity index (χ2n) is 6.62. The number of benzene rings is 2. The van der Waals surface area contributed by atoms with E-state index in [-0.39, 0.29) is 16.1 Å². The molecule has 0 aromatic heterocycles. The number of sulfonamides is 1. The van der Waals surface area contributed by atoms with Crippen LogP contribution in [-0.4, -0.2) is 44.3 Å². The predicted molar refractivity (Wildman–Crippen MR) is 104 cm³/mol. The summed E-state index contributed by atoms with van der Waals surface area (Å²) in [5, 5.41) is 2.41. The molecule has 3 rings (SSSR count). The van der Waals surface area contributed by atoms with E-state index in [1.165, 1.54) is 46.8 Å². The van der Waals surface area contributed by atoms with Crippen LogP contribution in [0.2, 0.25) is 0 Å². The SMILES string of the molecule is O=C(COC(=O)c1ccc(S(=O)(=O)N2CCCCC2)cc1)Nc1cccc(F)c1. The van der Waals surface area contributed by atoms with Crippen molar-refractivity contribution in [1.82, 2.24) is 4.31 Å². The number of anilines is 1. The van der Waals surface area contributed by atoms with Crippen LogP contribution in [0.3, 0.4) is 0 Å². The minimum absolute atomic E-state index is 0.111. The normalized spacial score (nSPS) is 14.9. The summed E-state index contributed by atoms with van der Waals surface area (Å²) >= 11 is 0. The summed E-state index contributed by atoms with van der Waals surface area (Å²) < 4.78 is 44.7. The Kier molecular flexibility index (Phi) is 6.60. The lowest BCUT2D eigenvalue weighted by Gasteiger charge is -2.25. The Morgan fingerprint density at radius 2 is 1.72 bits per heavy atom. The molecule has 2 aromatic rings. The summed E-state index contributed by atoms with van der Waals surface area (Å²) in [4.78, 5) is 24.0. The fraction of sp³-hybridized carbons (Fsp3) is 0.300. The quantitative estimate of drug-likeness (QED) is 0.726. The molecule has 29 heavy (non-hydrogen) atoms. The number of hydrogen-bond donors (Lipinski definition) is 1. The van der Waals surface area contributed by atoms with Gasteiger partial charge in [-0.05, 0) is 55.3 Å². The van der Waals surface area contributed by atoms with Crippen molar-refractivity contribution < 1.29 is 27.1 Å². The smallest absolute Gasteiger partial charge is 0.338 e. The van der Waals surface area contributed by atoms with E-state index >= 15 is 0 Å². The highest BCUT2D eigenvalue weighted by Gasteiger charge is 2.26. The monoisotopic (exact) mass is 420 g/mol. The first-order chi connectivity index (χ1) is 13.9. The summed E-state index contributed by atoms with van der Waals surface area (Å²) in [6.45, 7) is 0.433. The first-order valence-electron chi connectivity index (χ1n) is 9.19. The van der Waals surface area contributed by atoms with Crippen LogP contribution >= 0.6 is 0 Å². The Balaban J connectivity index is 1.56. The van der Waals surface area contributed by atoms with Gasteiger partial charge in [0.05, 0.1) is 10.5 Å². The zero-order valence-corrected chi connectivity index (χ0v) is 16.5. The molecule has 0 bridgehead atoms. The highest BCUT2D eigenvalue weighted by Crippen LogP contribution is 2.21. The fourth-order valence-corrected chi connectivity index (χ4v) is 4.51. The van der Waals surface area contributed by atoms with Gasteiger partial charge in [0, 0.05) is 18.8 Å². The van der Waals surface area contributed by atoms with Gasteiger partial charge in [-0.2, -0.15) is 4.31 Å². The van der Waals surface area contributed by atoms with Crippen molar-refractivity contribution in [3.8, 4) is 0 Å². The number of carbonyl (C=O) groups is 2. The molecule has 1 aliphatic rings. The van der Waals surface area contributed by atoms with Gasteiger partial charge < -0.3 is 10.1 Å². The molecule has 1 N–H and O–H groups in total. The number of amides is 1. The maximum absolute atomic E-state index is 13.1. The van der Waals surface area contributed by atoms with E-state index in [0.29, 0.717) is 13.1 Å². The van der Waals surface area contributed by atoms with Gasteiger partial charge in [-0.1, -0.05) is 12.5 Å². The van der Waals surface area contributed by atoms with Crippen LogP contribution in [0, 0.1) is 5.82 Å². The molecule has 1 aliphatic heterocycles. The van der Waals surface area contributed by atoms with E-state index < -0.39 is 34.3 Å². The Labute approximate surface area is 168 Å². The van der Waals surface area contributed by atoms with Crippen molar-refractivity contribution in [3.63, 3.8) is 0 Å². The number of esters is 1. The zero-order valence-electron chi connectivity index (χ0n) is 15.6. The first-order valence-corrected chi connectivity index (χ1v) is 10.6. The number of carbonyl (C=O) groups excluding carboxylic acids is 2. The Bertz CT molecular complexity index is 986. The highest BCUT2D eigenvalue weighted by atomic mass is 32.2. The van der Waals surface area contributed by atoms with Crippen LogP contribution in [0.25, 0.3) is 0 Å². The van der Waals surface area contributed by atoms with Crippen LogP contribution in [0.1, 0.15) is 29.6 Å². The van der Waals surface area contributed by atoms with Gasteiger partial charge in [-0.25, -0.2) is 17.6 Å². The molecule has 2 aromatic carbocycles. The molecule has 1 heterocycles. The van der Waals surface area contributed by atoms with Crippen LogP contribution in [0.4, 0.5) is 10.1 Å². The molecule has 0 spiro atoms. The number of rotatable bonds is 6. The standard InChI is InChI=1S/C20H21FN2O5S/c21-16-5-4-6-17(13-16)22-19(24)14-28-20(25)15-7-9-18(10-8-15)29(26,27)23-11-2-1-3-12-23/h4-10,13H,1-3,11-12,14H2,(H,22,24). The minimum Gasteiger partial charge on any atom is -0.452 e. The molecule has 0 radical (unpaired) electrons. The molecule has 0 aliphatic carbocycles. The molecule has 9 heteroatoms. The lowest BCUT2D eigenvalue weighted by Crippen LogP contribution is -2.35. The van der Waals surface area contributed by atoms with Crippen molar-refractivity contribution in [2.45, 2.75) is 24.2 Å². The zero-order chi connectivity index (χ0) is 20.9. The summed E-state index contributed by atoms with van der Waals surface area (Å²) in [7, 11) is -3.58. The molecular weight excluding hydrogens is 399 g/mol. The van der Waals surface area contributed by atoms with Gasteiger partial charge in [-0.15, -0.1) is 0 Å².